The second-order valence-corrected chi connectivity index (χ2v) is 8.34. The van der Waals surface area contributed by atoms with Crippen LogP contribution in [0, 0.1) is 25.7 Å². The maximum Gasteiger partial charge on any atom is 0.347 e. The Labute approximate surface area is 140 Å². The van der Waals surface area contributed by atoms with E-state index in [-0.39, 0.29) is 0 Å². The summed E-state index contributed by atoms with van der Waals surface area (Å²) in [6.45, 7) is 6.07. The van der Waals surface area contributed by atoms with Crippen LogP contribution >= 0.6 is 11.3 Å². The number of ether oxygens (including phenoxy) is 1. The average molecular weight is 328 g/mol. The number of hydrogen-bond donors (Lipinski definition) is 0. The van der Waals surface area contributed by atoms with Crippen molar-refractivity contribution < 1.29 is 14.3 Å². The Balaban J connectivity index is 1.92. The summed E-state index contributed by atoms with van der Waals surface area (Å²) in [6.07, 6.45) is 4.55. The summed E-state index contributed by atoms with van der Waals surface area (Å²) in [5.74, 6) is 0.0837. The number of aryl methyl sites for hydroxylation is 2. The van der Waals surface area contributed by atoms with Crippen molar-refractivity contribution in [3.05, 3.63) is 38.1 Å². The summed E-state index contributed by atoms with van der Waals surface area (Å²) in [4.78, 5) is 27.2. The molecule has 4 rings (SSSR count). The molecular formula is C19H20O3S. The van der Waals surface area contributed by atoms with E-state index in [1.54, 1.807) is 11.3 Å². The topological polar surface area (TPSA) is 43.4 Å². The van der Waals surface area contributed by atoms with Crippen LogP contribution in [-0.2, 0) is 14.3 Å². The van der Waals surface area contributed by atoms with E-state index in [0.717, 1.165) is 36.8 Å². The van der Waals surface area contributed by atoms with Gasteiger partial charge in [-0.1, -0.05) is 0 Å². The first-order valence-electron chi connectivity index (χ1n) is 8.26. The van der Waals surface area contributed by atoms with Crippen LogP contribution in [0.3, 0.4) is 0 Å². The summed E-state index contributed by atoms with van der Waals surface area (Å²) in [5.41, 5.74) is 4.28. The fraction of sp³-hybridized carbons (Fsp3) is 0.474. The van der Waals surface area contributed by atoms with Crippen molar-refractivity contribution in [2.75, 3.05) is 0 Å². The lowest BCUT2D eigenvalue weighted by molar-refractivity contribution is -0.149. The molecule has 2 heterocycles. The van der Waals surface area contributed by atoms with Gasteiger partial charge in [0.1, 0.15) is 0 Å². The molecule has 4 heteroatoms. The van der Waals surface area contributed by atoms with Crippen molar-refractivity contribution in [2.45, 2.75) is 46.5 Å². The molecule has 0 amide bonds. The van der Waals surface area contributed by atoms with Gasteiger partial charge in [-0.05, 0) is 81.1 Å². The second kappa shape index (κ2) is 5.17. The standard InChI is InChI=1S/C19H20O3S/c1-9-8-14(11(3)23-9)10(2)15-17(19(21)22-18(15)20)16(12-4-5-12)13-6-7-13/h8,12-13H,4-7H2,1-3H3/b15-10+. The van der Waals surface area contributed by atoms with Crippen molar-refractivity contribution in [3.63, 3.8) is 0 Å². The quantitative estimate of drug-likeness (QED) is 0.471. The molecule has 23 heavy (non-hydrogen) atoms. The minimum atomic E-state index is -0.468. The largest absolute Gasteiger partial charge is 0.386 e. The molecule has 2 aliphatic carbocycles. The molecule has 0 radical (unpaired) electrons. The molecule has 3 nitrogen and oxygen atoms in total. The predicted molar refractivity (Wildman–Crippen MR) is 90.0 cm³/mol. The Morgan fingerprint density at radius 2 is 1.61 bits per heavy atom. The third kappa shape index (κ3) is 2.49. The van der Waals surface area contributed by atoms with Crippen molar-refractivity contribution in [2.24, 2.45) is 11.8 Å². The third-order valence-corrected chi connectivity index (χ3v) is 5.95. The maximum absolute atomic E-state index is 12.4. The van der Waals surface area contributed by atoms with Crippen LogP contribution in [0.4, 0.5) is 0 Å². The minimum Gasteiger partial charge on any atom is -0.386 e. The van der Waals surface area contributed by atoms with Crippen LogP contribution in [0.25, 0.3) is 5.57 Å². The molecule has 3 aliphatic rings. The van der Waals surface area contributed by atoms with Gasteiger partial charge in [0.05, 0.1) is 11.1 Å². The number of allylic oxidation sites excluding steroid dienone is 2. The number of hydrogen-bond acceptors (Lipinski definition) is 4. The van der Waals surface area contributed by atoms with Crippen LogP contribution in [0.1, 0.15) is 47.9 Å². The van der Waals surface area contributed by atoms with E-state index in [1.807, 2.05) is 6.92 Å². The number of carbonyl (C=O) groups is 2. The molecule has 2 saturated carbocycles. The third-order valence-electron chi connectivity index (χ3n) is 4.99. The van der Waals surface area contributed by atoms with Gasteiger partial charge in [0.25, 0.3) is 0 Å². The molecule has 0 spiro atoms. The van der Waals surface area contributed by atoms with E-state index >= 15 is 0 Å². The first-order chi connectivity index (χ1) is 11.0. The summed E-state index contributed by atoms with van der Waals surface area (Å²) in [6, 6.07) is 2.10. The summed E-state index contributed by atoms with van der Waals surface area (Å²) < 4.78 is 5.02. The molecule has 1 aromatic rings. The molecular weight excluding hydrogens is 308 g/mol. The summed E-state index contributed by atoms with van der Waals surface area (Å²) >= 11 is 1.72. The van der Waals surface area contributed by atoms with E-state index in [9.17, 15) is 9.59 Å². The van der Waals surface area contributed by atoms with Gasteiger partial charge in [0, 0.05) is 9.75 Å². The Hall–Kier alpha value is -1.68. The van der Waals surface area contributed by atoms with Gasteiger partial charge < -0.3 is 4.74 Å². The fourth-order valence-corrected chi connectivity index (χ4v) is 4.64. The predicted octanol–water partition coefficient (Wildman–Crippen LogP) is 4.34. The number of cyclic esters (lactones) is 2. The second-order valence-electron chi connectivity index (χ2n) is 6.88. The van der Waals surface area contributed by atoms with Gasteiger partial charge in [-0.15, -0.1) is 11.3 Å². The van der Waals surface area contributed by atoms with E-state index < -0.39 is 11.9 Å². The van der Waals surface area contributed by atoms with Crippen LogP contribution < -0.4 is 0 Å². The zero-order valence-electron chi connectivity index (χ0n) is 13.7. The Bertz CT molecular complexity index is 772. The normalized spacial score (nSPS) is 23.3. The van der Waals surface area contributed by atoms with Crippen molar-refractivity contribution in [1.82, 2.24) is 0 Å². The molecule has 1 aliphatic heterocycles. The smallest absolute Gasteiger partial charge is 0.347 e. The van der Waals surface area contributed by atoms with Gasteiger partial charge >= 0.3 is 11.9 Å². The van der Waals surface area contributed by atoms with Crippen LogP contribution in [-0.4, -0.2) is 11.9 Å². The number of carbonyl (C=O) groups excluding carboxylic acids is 2. The van der Waals surface area contributed by atoms with E-state index in [2.05, 4.69) is 19.9 Å². The van der Waals surface area contributed by atoms with Gasteiger partial charge in [-0.2, -0.15) is 0 Å². The lowest BCUT2D eigenvalue weighted by atomic mass is 9.90. The highest BCUT2D eigenvalue weighted by Gasteiger charge is 2.46. The highest BCUT2D eigenvalue weighted by molar-refractivity contribution is 7.12. The van der Waals surface area contributed by atoms with E-state index in [4.69, 9.17) is 4.74 Å². The van der Waals surface area contributed by atoms with Crippen LogP contribution in [0.15, 0.2) is 22.8 Å². The van der Waals surface area contributed by atoms with Crippen LogP contribution in [0.5, 0.6) is 0 Å². The molecule has 3 fully saturated rings. The highest BCUT2D eigenvalue weighted by atomic mass is 32.1. The van der Waals surface area contributed by atoms with Crippen molar-refractivity contribution in [1.29, 1.82) is 0 Å². The summed E-state index contributed by atoms with van der Waals surface area (Å²) in [5, 5.41) is 0. The molecule has 0 unspecified atom stereocenters. The summed E-state index contributed by atoms with van der Waals surface area (Å²) in [7, 11) is 0. The first-order valence-corrected chi connectivity index (χ1v) is 9.08. The van der Waals surface area contributed by atoms with Crippen LogP contribution in [0.2, 0.25) is 0 Å². The fourth-order valence-electron chi connectivity index (χ4n) is 3.66. The SMILES string of the molecule is C/C(=C1\C(=O)OC(=O)C1=C(C1CC1)C1CC1)c1cc(C)sc1C. The monoisotopic (exact) mass is 328 g/mol. The molecule has 0 bridgehead atoms. The molecule has 120 valence electrons. The Morgan fingerprint density at radius 1 is 1.04 bits per heavy atom. The van der Waals surface area contributed by atoms with E-state index in [1.165, 1.54) is 15.3 Å². The maximum atomic E-state index is 12.4. The first kappa shape index (κ1) is 14.9. The molecule has 1 saturated heterocycles. The Kier molecular flexibility index (Phi) is 3.34. The van der Waals surface area contributed by atoms with Gasteiger partial charge in [-0.3, -0.25) is 0 Å². The van der Waals surface area contributed by atoms with Crippen molar-refractivity contribution in [3.8, 4) is 0 Å². The zero-order chi connectivity index (χ0) is 16.3. The zero-order valence-corrected chi connectivity index (χ0v) is 14.5. The molecule has 1 aromatic heterocycles. The Morgan fingerprint density at radius 3 is 2.09 bits per heavy atom. The lowest BCUT2D eigenvalue weighted by Crippen LogP contribution is -2.05. The molecule has 0 N–H and O–H groups in total. The van der Waals surface area contributed by atoms with Crippen molar-refractivity contribution >= 4 is 28.8 Å². The molecule has 0 atom stereocenters. The molecule has 0 aromatic carbocycles. The van der Waals surface area contributed by atoms with Gasteiger partial charge in [0.15, 0.2) is 0 Å². The number of esters is 2. The highest BCUT2D eigenvalue weighted by Crippen LogP contribution is 2.52. The number of thiophene rings is 1. The lowest BCUT2D eigenvalue weighted by Gasteiger charge is -2.10. The van der Waals surface area contributed by atoms with E-state index in [0.29, 0.717) is 23.0 Å². The minimum absolute atomic E-state index is 0.428. The average Bonchev–Trinajstić information content (AvgIpc) is 3.38. The number of rotatable bonds is 3. The van der Waals surface area contributed by atoms with Gasteiger partial charge in [-0.25, -0.2) is 9.59 Å². The van der Waals surface area contributed by atoms with Gasteiger partial charge in [0.2, 0.25) is 0 Å².